The molecule has 2 rings (SSSR count). The van der Waals surface area contributed by atoms with Crippen LogP contribution < -0.4 is 9.47 Å². The van der Waals surface area contributed by atoms with Gasteiger partial charge in [0.25, 0.3) is 0 Å². The first-order valence-corrected chi connectivity index (χ1v) is 5.54. The van der Waals surface area contributed by atoms with E-state index in [4.69, 9.17) is 32.7 Å². The second-order valence-electron chi connectivity index (χ2n) is 3.37. The van der Waals surface area contributed by atoms with Gasteiger partial charge in [0, 0.05) is 17.2 Å². The molecule has 0 bridgehead atoms. The quantitative estimate of drug-likeness (QED) is 0.909. The van der Waals surface area contributed by atoms with Crippen LogP contribution in [0.3, 0.4) is 0 Å². The molecule has 1 N–H and O–H groups in total. The summed E-state index contributed by atoms with van der Waals surface area (Å²) in [5.74, 6) is 1.28. The van der Waals surface area contributed by atoms with Crippen molar-refractivity contribution in [3.8, 4) is 11.5 Å². The first-order valence-electron chi connectivity index (χ1n) is 4.73. The van der Waals surface area contributed by atoms with Gasteiger partial charge in [-0.3, -0.25) is 0 Å². The van der Waals surface area contributed by atoms with Crippen LogP contribution in [0.15, 0.2) is 28.8 Å². The Morgan fingerprint density at radius 1 is 1.62 bits per heavy atom. The Hall–Kier alpha value is -0.900. The third kappa shape index (κ3) is 2.43. The number of hydrogen-bond donors (Lipinski definition) is 1. The Labute approximate surface area is 103 Å². The van der Waals surface area contributed by atoms with Crippen LogP contribution in [0.4, 0.5) is 0 Å². The third-order valence-corrected chi connectivity index (χ3v) is 2.83. The molecule has 86 valence electrons. The summed E-state index contributed by atoms with van der Waals surface area (Å²) in [6.45, 7) is 0.507. The molecular weight excluding hydrogens is 251 g/mol. The number of halogens is 2. The lowest BCUT2D eigenvalue weighted by molar-refractivity contribution is 0.140. The average molecular weight is 261 g/mol. The van der Waals surface area contributed by atoms with Crippen molar-refractivity contribution in [1.29, 1.82) is 0 Å². The van der Waals surface area contributed by atoms with Gasteiger partial charge < -0.3 is 14.6 Å². The summed E-state index contributed by atoms with van der Waals surface area (Å²) in [6, 6.07) is 5.26. The molecule has 0 saturated carbocycles. The van der Waals surface area contributed by atoms with Gasteiger partial charge in [0.15, 0.2) is 0 Å². The molecule has 0 radical (unpaired) electrons. The molecule has 1 aromatic rings. The van der Waals surface area contributed by atoms with Gasteiger partial charge in [-0.2, -0.15) is 0 Å². The lowest BCUT2D eigenvalue weighted by Gasteiger charge is -2.06. The molecule has 0 aromatic heterocycles. The van der Waals surface area contributed by atoms with Gasteiger partial charge in [-0.1, -0.05) is 23.2 Å². The predicted octanol–water partition coefficient (Wildman–Crippen LogP) is 2.81. The van der Waals surface area contributed by atoms with Crippen molar-refractivity contribution in [1.82, 2.24) is 0 Å². The second-order valence-corrected chi connectivity index (χ2v) is 4.07. The zero-order chi connectivity index (χ0) is 11.5. The molecule has 0 aliphatic carbocycles. The number of fused-ring (bicyclic) bond motifs is 1. The maximum atomic E-state index is 9.51. The molecule has 0 spiro atoms. The summed E-state index contributed by atoms with van der Waals surface area (Å²) < 4.78 is 10.7. The van der Waals surface area contributed by atoms with Crippen LogP contribution >= 0.6 is 23.2 Å². The normalized spacial score (nSPS) is 19.2. The van der Waals surface area contributed by atoms with Crippen molar-refractivity contribution in [3.63, 3.8) is 0 Å². The minimum Gasteiger partial charge on any atom is -0.490 e. The van der Waals surface area contributed by atoms with Gasteiger partial charge >= 0.3 is 0 Å². The van der Waals surface area contributed by atoms with E-state index in [-0.39, 0.29) is 6.61 Å². The molecule has 1 heterocycles. The zero-order valence-corrected chi connectivity index (χ0v) is 9.83. The highest BCUT2D eigenvalue weighted by atomic mass is 35.5. The minimum atomic E-state index is -0.546. The standard InChI is InChI=1S/C11H10Cl2O3/c12-4-7(13)5-15-8-1-2-9-10(14)6-16-11(9)3-8/h1-4,10,14H,5-6H2. The van der Waals surface area contributed by atoms with E-state index in [9.17, 15) is 5.11 Å². The van der Waals surface area contributed by atoms with Gasteiger partial charge in [-0.15, -0.1) is 0 Å². The van der Waals surface area contributed by atoms with Crippen molar-refractivity contribution in [2.45, 2.75) is 6.10 Å². The summed E-state index contributed by atoms with van der Waals surface area (Å²) in [5, 5.41) is 9.93. The number of rotatable bonds is 3. The summed E-state index contributed by atoms with van der Waals surface area (Å²) >= 11 is 11.1. The summed E-state index contributed by atoms with van der Waals surface area (Å²) in [5.41, 5.74) is 2.04. The van der Waals surface area contributed by atoms with E-state index in [0.717, 1.165) is 5.56 Å². The molecule has 0 amide bonds. The molecule has 1 atom stereocenters. The summed E-state index contributed by atoms with van der Waals surface area (Å²) in [4.78, 5) is 0. The maximum Gasteiger partial charge on any atom is 0.129 e. The smallest absolute Gasteiger partial charge is 0.129 e. The highest BCUT2D eigenvalue weighted by Crippen LogP contribution is 2.35. The lowest BCUT2D eigenvalue weighted by Crippen LogP contribution is -1.97. The molecular formula is C11H10Cl2O3. The zero-order valence-electron chi connectivity index (χ0n) is 8.32. The fourth-order valence-electron chi connectivity index (χ4n) is 1.45. The van der Waals surface area contributed by atoms with Gasteiger partial charge in [0.2, 0.25) is 0 Å². The number of aliphatic hydroxyl groups is 1. The van der Waals surface area contributed by atoms with Crippen LogP contribution in [0.1, 0.15) is 11.7 Å². The Kier molecular flexibility index (Phi) is 3.59. The fourth-order valence-corrected chi connectivity index (χ4v) is 1.56. The van der Waals surface area contributed by atoms with Crippen LogP contribution in [0.25, 0.3) is 0 Å². The van der Waals surface area contributed by atoms with Gasteiger partial charge in [-0.25, -0.2) is 0 Å². The highest BCUT2D eigenvalue weighted by molar-refractivity contribution is 6.36. The van der Waals surface area contributed by atoms with Crippen molar-refractivity contribution in [3.05, 3.63) is 34.3 Å². The number of aliphatic hydroxyl groups excluding tert-OH is 1. The monoisotopic (exact) mass is 260 g/mol. The molecule has 0 saturated heterocycles. The van der Waals surface area contributed by atoms with Crippen LogP contribution in [-0.2, 0) is 0 Å². The Balaban J connectivity index is 2.08. The first-order chi connectivity index (χ1) is 7.70. The van der Waals surface area contributed by atoms with Crippen LogP contribution in [0, 0.1) is 0 Å². The summed E-state index contributed by atoms with van der Waals surface area (Å²) in [6.07, 6.45) is -0.546. The number of ether oxygens (including phenoxy) is 2. The lowest BCUT2D eigenvalue weighted by atomic mass is 10.1. The molecule has 5 heteroatoms. The predicted molar refractivity (Wildman–Crippen MR) is 62.2 cm³/mol. The van der Waals surface area contributed by atoms with Crippen molar-refractivity contribution in [2.24, 2.45) is 0 Å². The van der Waals surface area contributed by atoms with Crippen molar-refractivity contribution >= 4 is 23.2 Å². The van der Waals surface area contributed by atoms with E-state index in [2.05, 4.69) is 0 Å². The fraction of sp³-hybridized carbons (Fsp3) is 0.273. The Morgan fingerprint density at radius 2 is 2.44 bits per heavy atom. The number of benzene rings is 1. The molecule has 0 fully saturated rings. The second kappa shape index (κ2) is 4.95. The van der Waals surface area contributed by atoms with E-state index in [1.165, 1.54) is 5.54 Å². The van der Waals surface area contributed by atoms with E-state index in [1.54, 1.807) is 18.2 Å². The maximum absolute atomic E-state index is 9.51. The first kappa shape index (κ1) is 11.6. The van der Waals surface area contributed by atoms with Gasteiger partial charge in [-0.05, 0) is 12.1 Å². The molecule has 3 nitrogen and oxygen atoms in total. The average Bonchev–Trinajstić information content (AvgIpc) is 2.67. The molecule has 1 unspecified atom stereocenters. The minimum absolute atomic E-state index is 0.215. The van der Waals surface area contributed by atoms with Crippen LogP contribution in [0.2, 0.25) is 0 Å². The summed E-state index contributed by atoms with van der Waals surface area (Å²) in [7, 11) is 0. The van der Waals surface area contributed by atoms with E-state index in [0.29, 0.717) is 23.1 Å². The van der Waals surface area contributed by atoms with E-state index >= 15 is 0 Å². The van der Waals surface area contributed by atoms with Gasteiger partial charge in [0.1, 0.15) is 30.8 Å². The topological polar surface area (TPSA) is 38.7 Å². The molecule has 1 aliphatic heterocycles. The molecule has 1 aliphatic rings. The van der Waals surface area contributed by atoms with Gasteiger partial charge in [0.05, 0.1) is 5.03 Å². The highest BCUT2D eigenvalue weighted by Gasteiger charge is 2.21. The van der Waals surface area contributed by atoms with E-state index in [1.807, 2.05) is 0 Å². The third-order valence-electron chi connectivity index (χ3n) is 2.24. The molecule has 1 aromatic carbocycles. The van der Waals surface area contributed by atoms with Crippen molar-refractivity contribution in [2.75, 3.05) is 13.2 Å². The SMILES string of the molecule is OC1COc2cc(OCC(Cl)=CCl)ccc21. The Bertz CT molecular complexity index is 418. The number of hydrogen-bond acceptors (Lipinski definition) is 3. The van der Waals surface area contributed by atoms with Crippen molar-refractivity contribution < 1.29 is 14.6 Å². The van der Waals surface area contributed by atoms with Crippen LogP contribution in [0.5, 0.6) is 11.5 Å². The molecule has 16 heavy (non-hydrogen) atoms. The Morgan fingerprint density at radius 3 is 3.19 bits per heavy atom. The largest absolute Gasteiger partial charge is 0.490 e. The van der Waals surface area contributed by atoms with Crippen LogP contribution in [-0.4, -0.2) is 18.3 Å². The van der Waals surface area contributed by atoms with E-state index < -0.39 is 6.10 Å².